The molecule has 0 radical (unpaired) electrons. The monoisotopic (exact) mass is 364 g/mol. The SMILES string of the molecule is C=CCOc1ccc(O)cc1P1(=O)Oc2ccccc2-c2ccccc21. The maximum Gasteiger partial charge on any atom is 0.311 e. The summed E-state index contributed by atoms with van der Waals surface area (Å²) in [5.74, 6) is 0.953. The first-order valence-electron chi connectivity index (χ1n) is 8.19. The standard InChI is InChI=1S/C21H17O4P/c1-2-13-24-19-12-11-15(22)14-21(19)26(23)20-10-6-4-8-17(20)16-7-3-5-9-18(16)25-26/h2-12,14,22H,1,13H2. The van der Waals surface area contributed by atoms with Crippen LogP contribution in [0.2, 0.25) is 0 Å². The Hall–Kier alpha value is -2.97. The molecule has 26 heavy (non-hydrogen) atoms. The van der Waals surface area contributed by atoms with E-state index in [0.29, 0.717) is 22.1 Å². The lowest BCUT2D eigenvalue weighted by atomic mass is 10.0. The molecule has 4 nitrogen and oxygen atoms in total. The fourth-order valence-electron chi connectivity index (χ4n) is 3.10. The molecular formula is C21H17O4P. The van der Waals surface area contributed by atoms with E-state index in [1.165, 1.54) is 12.1 Å². The predicted octanol–water partition coefficient (Wildman–Crippen LogP) is 4.25. The number of phenols is 1. The average Bonchev–Trinajstić information content (AvgIpc) is 2.67. The van der Waals surface area contributed by atoms with Crippen LogP contribution in [0.5, 0.6) is 17.2 Å². The quantitative estimate of drug-likeness (QED) is 0.556. The highest BCUT2D eigenvalue weighted by Crippen LogP contribution is 2.55. The number of benzene rings is 3. The fraction of sp³-hybridized carbons (Fsp3) is 0.0476. The average molecular weight is 364 g/mol. The van der Waals surface area contributed by atoms with Gasteiger partial charge in [-0.05, 0) is 35.9 Å². The number of hydrogen-bond acceptors (Lipinski definition) is 4. The first-order valence-corrected chi connectivity index (χ1v) is 9.82. The zero-order chi connectivity index (χ0) is 18.1. The highest BCUT2D eigenvalue weighted by Gasteiger charge is 2.40. The first-order chi connectivity index (χ1) is 12.6. The number of hydrogen-bond donors (Lipinski definition) is 1. The Kier molecular flexibility index (Phi) is 4.06. The number of fused-ring (bicyclic) bond motifs is 3. The molecule has 1 atom stereocenters. The van der Waals surface area contributed by atoms with Crippen molar-refractivity contribution in [2.45, 2.75) is 0 Å². The van der Waals surface area contributed by atoms with Crippen LogP contribution in [0, 0.1) is 0 Å². The lowest BCUT2D eigenvalue weighted by Crippen LogP contribution is -2.26. The molecule has 0 saturated heterocycles. The summed E-state index contributed by atoms with van der Waals surface area (Å²) >= 11 is 0. The highest BCUT2D eigenvalue weighted by molar-refractivity contribution is 7.75. The Bertz CT molecular complexity index is 1040. The Labute approximate surface area is 151 Å². The first kappa shape index (κ1) is 16.5. The van der Waals surface area contributed by atoms with E-state index in [4.69, 9.17) is 9.26 Å². The van der Waals surface area contributed by atoms with Crippen molar-refractivity contribution in [3.8, 4) is 28.4 Å². The summed E-state index contributed by atoms with van der Waals surface area (Å²) < 4.78 is 25.8. The molecule has 0 bridgehead atoms. The Balaban J connectivity index is 1.97. The smallest absolute Gasteiger partial charge is 0.311 e. The maximum absolute atomic E-state index is 14.1. The lowest BCUT2D eigenvalue weighted by molar-refractivity contribution is 0.364. The summed E-state index contributed by atoms with van der Waals surface area (Å²) in [6.07, 6.45) is 1.61. The van der Waals surface area contributed by atoms with Crippen LogP contribution in [0.3, 0.4) is 0 Å². The number of ether oxygens (including phenoxy) is 1. The van der Waals surface area contributed by atoms with Crippen molar-refractivity contribution in [2.75, 3.05) is 6.61 Å². The van der Waals surface area contributed by atoms with Gasteiger partial charge in [0.25, 0.3) is 0 Å². The number of aromatic hydroxyl groups is 1. The third kappa shape index (κ3) is 2.59. The van der Waals surface area contributed by atoms with Crippen molar-refractivity contribution < 1.29 is 18.9 Å². The van der Waals surface area contributed by atoms with E-state index in [1.807, 2.05) is 36.4 Å². The molecule has 1 N–H and O–H groups in total. The molecule has 1 unspecified atom stereocenters. The second kappa shape index (κ2) is 6.40. The predicted molar refractivity (Wildman–Crippen MR) is 103 cm³/mol. The third-order valence-electron chi connectivity index (χ3n) is 4.24. The minimum atomic E-state index is -3.51. The molecule has 4 rings (SSSR count). The Morgan fingerprint density at radius 2 is 1.73 bits per heavy atom. The van der Waals surface area contributed by atoms with Crippen molar-refractivity contribution in [1.29, 1.82) is 0 Å². The van der Waals surface area contributed by atoms with Gasteiger partial charge >= 0.3 is 7.37 Å². The second-order valence-corrected chi connectivity index (χ2v) is 8.16. The molecule has 0 fully saturated rings. The van der Waals surface area contributed by atoms with Gasteiger partial charge in [0.2, 0.25) is 0 Å². The van der Waals surface area contributed by atoms with Crippen LogP contribution in [0.25, 0.3) is 11.1 Å². The molecule has 1 aliphatic rings. The maximum atomic E-state index is 14.1. The van der Waals surface area contributed by atoms with Crippen LogP contribution >= 0.6 is 7.37 Å². The van der Waals surface area contributed by atoms with Crippen LogP contribution in [0.1, 0.15) is 0 Å². The molecule has 130 valence electrons. The molecule has 1 aliphatic heterocycles. The Morgan fingerprint density at radius 3 is 2.54 bits per heavy atom. The van der Waals surface area contributed by atoms with Crippen LogP contribution < -0.4 is 19.9 Å². The number of rotatable bonds is 4. The largest absolute Gasteiger partial charge is 0.508 e. The molecule has 1 heterocycles. The van der Waals surface area contributed by atoms with E-state index in [2.05, 4.69) is 6.58 Å². The van der Waals surface area contributed by atoms with Gasteiger partial charge in [0.05, 0.1) is 10.6 Å². The second-order valence-electron chi connectivity index (χ2n) is 5.91. The molecule has 0 saturated carbocycles. The topological polar surface area (TPSA) is 55.8 Å². The van der Waals surface area contributed by atoms with E-state index < -0.39 is 7.37 Å². The normalized spacial score (nSPS) is 17.5. The van der Waals surface area contributed by atoms with Gasteiger partial charge in [0.15, 0.2) is 0 Å². The number of phenolic OH excluding ortho intramolecular Hbond substituents is 1. The van der Waals surface area contributed by atoms with Crippen LogP contribution in [-0.4, -0.2) is 11.7 Å². The molecule has 0 spiro atoms. The zero-order valence-electron chi connectivity index (χ0n) is 14.0. The third-order valence-corrected chi connectivity index (χ3v) is 6.70. The van der Waals surface area contributed by atoms with Crippen molar-refractivity contribution >= 4 is 18.0 Å². The zero-order valence-corrected chi connectivity index (χ0v) is 14.9. The van der Waals surface area contributed by atoms with Crippen LogP contribution in [-0.2, 0) is 4.57 Å². The van der Waals surface area contributed by atoms with E-state index in [1.54, 1.807) is 24.3 Å². The highest BCUT2D eigenvalue weighted by atomic mass is 31.2. The van der Waals surface area contributed by atoms with E-state index in [0.717, 1.165) is 11.1 Å². The number of para-hydroxylation sites is 1. The van der Waals surface area contributed by atoms with Gasteiger partial charge in [0.1, 0.15) is 23.9 Å². The van der Waals surface area contributed by atoms with Gasteiger partial charge in [-0.2, -0.15) is 0 Å². The van der Waals surface area contributed by atoms with E-state index in [-0.39, 0.29) is 12.4 Å². The van der Waals surface area contributed by atoms with Gasteiger partial charge in [-0.1, -0.05) is 49.1 Å². The van der Waals surface area contributed by atoms with Gasteiger partial charge in [-0.15, -0.1) is 0 Å². The minimum Gasteiger partial charge on any atom is -0.508 e. The van der Waals surface area contributed by atoms with Gasteiger partial charge in [-0.25, -0.2) is 0 Å². The van der Waals surface area contributed by atoms with Crippen molar-refractivity contribution in [2.24, 2.45) is 0 Å². The molecule has 0 amide bonds. The van der Waals surface area contributed by atoms with Crippen LogP contribution in [0.15, 0.2) is 79.4 Å². The molecular weight excluding hydrogens is 347 g/mol. The molecule has 0 aliphatic carbocycles. The lowest BCUT2D eigenvalue weighted by Gasteiger charge is -2.29. The van der Waals surface area contributed by atoms with Crippen molar-refractivity contribution in [3.63, 3.8) is 0 Å². The van der Waals surface area contributed by atoms with E-state index >= 15 is 0 Å². The molecule has 0 aromatic heterocycles. The van der Waals surface area contributed by atoms with E-state index in [9.17, 15) is 9.67 Å². The van der Waals surface area contributed by atoms with Gasteiger partial charge in [0, 0.05) is 5.56 Å². The van der Waals surface area contributed by atoms with Gasteiger partial charge < -0.3 is 14.4 Å². The summed E-state index contributed by atoms with van der Waals surface area (Å²) in [4.78, 5) is 0. The molecule has 5 heteroatoms. The van der Waals surface area contributed by atoms with Crippen molar-refractivity contribution in [1.82, 2.24) is 0 Å². The molecule has 3 aromatic rings. The van der Waals surface area contributed by atoms with Crippen molar-refractivity contribution in [3.05, 3.63) is 79.4 Å². The summed E-state index contributed by atoms with van der Waals surface area (Å²) in [6, 6.07) is 19.5. The summed E-state index contributed by atoms with van der Waals surface area (Å²) in [5, 5.41) is 10.9. The van der Waals surface area contributed by atoms with Gasteiger partial charge in [-0.3, -0.25) is 4.57 Å². The minimum absolute atomic E-state index is 0.00104. The summed E-state index contributed by atoms with van der Waals surface area (Å²) in [7, 11) is -3.51. The Morgan fingerprint density at radius 1 is 1.00 bits per heavy atom. The van der Waals surface area contributed by atoms with Crippen LogP contribution in [0.4, 0.5) is 0 Å². The summed E-state index contributed by atoms with van der Waals surface area (Å²) in [5.41, 5.74) is 1.75. The molecule has 3 aromatic carbocycles. The fourth-order valence-corrected chi connectivity index (χ4v) is 5.52. The summed E-state index contributed by atoms with van der Waals surface area (Å²) in [6.45, 7) is 3.90.